The molecule has 0 bridgehead atoms. The van der Waals surface area contributed by atoms with Gasteiger partial charge in [0.25, 0.3) is 5.91 Å². The maximum Gasteiger partial charge on any atom is 0.251 e. The van der Waals surface area contributed by atoms with Crippen molar-refractivity contribution in [3.63, 3.8) is 0 Å². The van der Waals surface area contributed by atoms with Crippen molar-refractivity contribution in [1.82, 2.24) is 15.3 Å². The Balaban J connectivity index is 1.68. The van der Waals surface area contributed by atoms with Crippen molar-refractivity contribution in [2.24, 2.45) is 0 Å². The monoisotopic (exact) mass is 398 g/mol. The Morgan fingerprint density at radius 2 is 1.79 bits per heavy atom. The fourth-order valence-corrected chi connectivity index (χ4v) is 3.96. The van der Waals surface area contributed by atoms with Crippen molar-refractivity contribution < 1.29 is 4.79 Å². The van der Waals surface area contributed by atoms with Crippen LogP contribution in [0.25, 0.3) is 0 Å². The molecule has 28 heavy (non-hydrogen) atoms. The smallest absolute Gasteiger partial charge is 0.251 e. The van der Waals surface area contributed by atoms with Crippen LogP contribution in [0.5, 0.6) is 0 Å². The number of thioether (sulfide) groups is 1. The van der Waals surface area contributed by atoms with Crippen molar-refractivity contribution in [3.8, 4) is 0 Å². The number of aromatic nitrogens is 2. The van der Waals surface area contributed by atoms with Gasteiger partial charge in [-0.25, -0.2) is 9.97 Å². The van der Waals surface area contributed by atoms with Gasteiger partial charge in [-0.15, -0.1) is 0 Å². The average molecular weight is 399 g/mol. The molecular formula is C22H30N4OS. The summed E-state index contributed by atoms with van der Waals surface area (Å²) in [6, 6.07) is 10.1. The van der Waals surface area contributed by atoms with E-state index < -0.39 is 0 Å². The topological polar surface area (TPSA) is 58.1 Å². The normalized spacial score (nSPS) is 14.1. The first-order valence-electron chi connectivity index (χ1n) is 10.1. The average Bonchev–Trinajstić information content (AvgIpc) is 3.21. The first kappa shape index (κ1) is 20.6. The lowest BCUT2D eigenvalue weighted by Crippen LogP contribution is -2.29. The van der Waals surface area contributed by atoms with Crippen molar-refractivity contribution in [3.05, 3.63) is 47.2 Å². The zero-order chi connectivity index (χ0) is 20.1. The molecule has 150 valence electrons. The van der Waals surface area contributed by atoms with E-state index in [-0.39, 0.29) is 11.9 Å². The van der Waals surface area contributed by atoms with Gasteiger partial charge in [0.15, 0.2) is 5.16 Å². The molecule has 0 atom stereocenters. The molecule has 0 spiro atoms. The molecule has 5 nitrogen and oxygen atoms in total. The predicted octanol–water partition coefficient (Wildman–Crippen LogP) is 4.63. The molecule has 2 heterocycles. The Labute approximate surface area is 172 Å². The van der Waals surface area contributed by atoms with Crippen LogP contribution in [-0.4, -0.2) is 35.0 Å². The number of carbonyl (C=O) groups excluding carboxylic acids is 1. The molecule has 1 fully saturated rings. The Morgan fingerprint density at radius 3 is 2.39 bits per heavy atom. The van der Waals surface area contributed by atoms with Crippen LogP contribution in [0.15, 0.2) is 35.5 Å². The summed E-state index contributed by atoms with van der Waals surface area (Å²) >= 11 is 1.65. The lowest BCUT2D eigenvalue weighted by Gasteiger charge is -2.18. The van der Waals surface area contributed by atoms with Crippen LogP contribution in [-0.2, 0) is 5.75 Å². The van der Waals surface area contributed by atoms with Gasteiger partial charge in [0, 0.05) is 42.2 Å². The number of hydrogen-bond donors (Lipinski definition) is 1. The Bertz CT molecular complexity index is 799. The molecule has 0 radical (unpaired) electrons. The van der Waals surface area contributed by atoms with E-state index in [0.29, 0.717) is 11.5 Å². The molecule has 1 aromatic heterocycles. The highest BCUT2D eigenvalue weighted by Gasteiger charge is 2.17. The fourth-order valence-electron chi connectivity index (χ4n) is 3.14. The molecular weight excluding hydrogens is 368 g/mol. The SMILES string of the molecule is CC(C)NC(=O)c1ccc(CSc2nc(C(C)C)cc(N3CCCC3)n2)cc1. The number of anilines is 1. The van der Waals surface area contributed by atoms with E-state index in [2.05, 4.69) is 30.1 Å². The van der Waals surface area contributed by atoms with Gasteiger partial charge in [-0.1, -0.05) is 37.7 Å². The summed E-state index contributed by atoms with van der Waals surface area (Å²) in [6.07, 6.45) is 2.47. The van der Waals surface area contributed by atoms with Gasteiger partial charge in [-0.05, 0) is 50.3 Å². The Hall–Kier alpha value is -2.08. The second-order valence-corrected chi connectivity index (χ2v) is 8.84. The molecule has 3 rings (SSSR count). The van der Waals surface area contributed by atoms with E-state index in [1.807, 2.05) is 38.1 Å². The highest BCUT2D eigenvalue weighted by atomic mass is 32.2. The van der Waals surface area contributed by atoms with Crippen molar-refractivity contribution >= 4 is 23.5 Å². The van der Waals surface area contributed by atoms with Gasteiger partial charge >= 0.3 is 0 Å². The van der Waals surface area contributed by atoms with Crippen LogP contribution in [0.3, 0.4) is 0 Å². The lowest BCUT2D eigenvalue weighted by molar-refractivity contribution is 0.0943. The summed E-state index contributed by atoms with van der Waals surface area (Å²) in [4.78, 5) is 24.0. The first-order chi connectivity index (χ1) is 13.4. The number of hydrogen-bond acceptors (Lipinski definition) is 5. The number of rotatable bonds is 7. The van der Waals surface area contributed by atoms with Gasteiger partial charge in [0.1, 0.15) is 5.82 Å². The van der Waals surface area contributed by atoms with Crippen LogP contribution in [0.2, 0.25) is 0 Å². The molecule has 0 saturated carbocycles. The zero-order valence-electron chi connectivity index (χ0n) is 17.2. The fraction of sp³-hybridized carbons (Fsp3) is 0.500. The molecule has 1 aliphatic heterocycles. The number of nitrogens with one attached hydrogen (secondary N) is 1. The molecule has 1 aliphatic rings. The van der Waals surface area contributed by atoms with Crippen LogP contribution >= 0.6 is 11.8 Å². The van der Waals surface area contributed by atoms with Crippen LogP contribution in [0, 0.1) is 0 Å². The van der Waals surface area contributed by atoms with E-state index in [4.69, 9.17) is 9.97 Å². The minimum atomic E-state index is -0.0302. The van der Waals surface area contributed by atoms with E-state index in [0.717, 1.165) is 41.1 Å². The summed E-state index contributed by atoms with van der Waals surface area (Å²) in [5.41, 5.74) is 2.95. The molecule has 2 aromatic rings. The standard InChI is InChI=1S/C22H30N4OS/c1-15(2)19-13-20(26-11-5-6-12-26)25-22(24-19)28-14-17-7-9-18(10-8-17)21(27)23-16(3)4/h7-10,13,15-16H,5-6,11-12,14H2,1-4H3,(H,23,27). The van der Waals surface area contributed by atoms with Crippen molar-refractivity contribution in [2.75, 3.05) is 18.0 Å². The molecule has 1 saturated heterocycles. The number of amides is 1. The molecule has 0 unspecified atom stereocenters. The number of nitrogens with zero attached hydrogens (tertiary/aromatic N) is 3. The first-order valence-corrected chi connectivity index (χ1v) is 11.1. The predicted molar refractivity (Wildman–Crippen MR) is 116 cm³/mol. The van der Waals surface area contributed by atoms with Crippen LogP contribution in [0.4, 0.5) is 5.82 Å². The summed E-state index contributed by atoms with van der Waals surface area (Å²) < 4.78 is 0. The molecule has 1 amide bonds. The minimum absolute atomic E-state index is 0.0302. The summed E-state index contributed by atoms with van der Waals surface area (Å²) in [5, 5.41) is 3.75. The van der Waals surface area contributed by atoms with Crippen LogP contribution < -0.4 is 10.2 Å². The summed E-state index contributed by atoms with van der Waals surface area (Å²) in [7, 11) is 0. The highest BCUT2D eigenvalue weighted by Crippen LogP contribution is 2.27. The van der Waals surface area contributed by atoms with Gasteiger partial charge in [0.05, 0.1) is 0 Å². The van der Waals surface area contributed by atoms with Crippen molar-refractivity contribution in [1.29, 1.82) is 0 Å². The number of carbonyl (C=O) groups is 1. The minimum Gasteiger partial charge on any atom is -0.356 e. The largest absolute Gasteiger partial charge is 0.356 e. The van der Waals surface area contributed by atoms with Gasteiger partial charge in [-0.2, -0.15) is 0 Å². The van der Waals surface area contributed by atoms with Gasteiger partial charge in [-0.3, -0.25) is 4.79 Å². The van der Waals surface area contributed by atoms with Crippen LogP contribution in [0.1, 0.15) is 68.1 Å². The quantitative estimate of drug-likeness (QED) is 0.544. The lowest BCUT2D eigenvalue weighted by atomic mass is 10.1. The highest BCUT2D eigenvalue weighted by molar-refractivity contribution is 7.98. The van der Waals surface area contributed by atoms with E-state index in [1.54, 1.807) is 11.8 Å². The second kappa shape index (κ2) is 9.41. The van der Waals surface area contributed by atoms with E-state index in [1.165, 1.54) is 12.8 Å². The Morgan fingerprint density at radius 1 is 1.11 bits per heavy atom. The third-order valence-corrected chi connectivity index (χ3v) is 5.66. The molecule has 1 N–H and O–H groups in total. The van der Waals surface area contributed by atoms with Crippen molar-refractivity contribution in [2.45, 2.75) is 63.4 Å². The van der Waals surface area contributed by atoms with E-state index >= 15 is 0 Å². The maximum absolute atomic E-state index is 12.1. The van der Waals surface area contributed by atoms with E-state index in [9.17, 15) is 4.79 Å². The second-order valence-electron chi connectivity index (χ2n) is 7.90. The summed E-state index contributed by atoms with van der Waals surface area (Å²) in [5.74, 6) is 2.19. The number of benzene rings is 1. The third kappa shape index (κ3) is 5.47. The molecule has 6 heteroatoms. The van der Waals surface area contributed by atoms with Gasteiger partial charge < -0.3 is 10.2 Å². The molecule has 0 aliphatic carbocycles. The zero-order valence-corrected chi connectivity index (χ0v) is 18.1. The third-order valence-electron chi connectivity index (χ3n) is 4.74. The summed E-state index contributed by atoms with van der Waals surface area (Å²) in [6.45, 7) is 10.4. The Kier molecular flexibility index (Phi) is 6.94. The maximum atomic E-state index is 12.1. The van der Waals surface area contributed by atoms with Gasteiger partial charge in [0.2, 0.25) is 0 Å². The molecule has 1 aromatic carbocycles.